The van der Waals surface area contributed by atoms with Crippen LogP contribution in [-0.2, 0) is 9.09 Å². The van der Waals surface area contributed by atoms with Gasteiger partial charge in [0.15, 0.2) is 0 Å². The topological polar surface area (TPSA) is 107 Å². The van der Waals surface area contributed by atoms with Crippen LogP contribution in [0.15, 0.2) is 35.5 Å². The molecule has 0 aromatic rings. The number of hydrogen-bond donors (Lipinski definition) is 4. The molecular formula is C32H57NO6P+. The van der Waals surface area contributed by atoms with E-state index < -0.39 is 25.6 Å². The fourth-order valence-corrected chi connectivity index (χ4v) is 8.65. The predicted molar refractivity (Wildman–Crippen MR) is 161 cm³/mol. The van der Waals surface area contributed by atoms with E-state index in [2.05, 4.69) is 32.6 Å². The van der Waals surface area contributed by atoms with Crippen LogP contribution in [0.5, 0.6) is 0 Å². The van der Waals surface area contributed by atoms with Crippen molar-refractivity contribution < 1.29 is 33.6 Å². The van der Waals surface area contributed by atoms with Crippen molar-refractivity contribution in [2.24, 2.45) is 29.1 Å². The van der Waals surface area contributed by atoms with Gasteiger partial charge in [-0.2, -0.15) is 0 Å². The van der Waals surface area contributed by atoms with Crippen LogP contribution in [0.3, 0.4) is 0 Å². The summed E-state index contributed by atoms with van der Waals surface area (Å²) in [5.41, 5.74) is 2.84. The predicted octanol–water partition coefficient (Wildman–Crippen LogP) is 6.14. The summed E-state index contributed by atoms with van der Waals surface area (Å²) >= 11 is 0. The van der Waals surface area contributed by atoms with Gasteiger partial charge in [-0.1, -0.05) is 51.0 Å². The molecule has 0 aromatic heterocycles. The van der Waals surface area contributed by atoms with Crippen LogP contribution in [0.2, 0.25) is 0 Å². The van der Waals surface area contributed by atoms with Gasteiger partial charge in [-0.3, -0.25) is 4.52 Å². The maximum absolute atomic E-state index is 11.8. The van der Waals surface area contributed by atoms with Crippen LogP contribution >= 0.6 is 7.82 Å². The zero-order chi connectivity index (χ0) is 30.1. The fraction of sp³-hybridized carbons (Fsp3) is 0.812. The van der Waals surface area contributed by atoms with Gasteiger partial charge in [-0.15, -0.1) is 0 Å². The molecule has 1 unspecified atom stereocenters. The van der Waals surface area contributed by atoms with Gasteiger partial charge in [0, 0.05) is 0 Å². The highest BCUT2D eigenvalue weighted by molar-refractivity contribution is 7.46. The average molecular weight is 583 g/mol. The van der Waals surface area contributed by atoms with Gasteiger partial charge in [0.1, 0.15) is 12.6 Å². The SMILES string of the molecule is C=C1/C(=C\C=C2/CCC[C@]3(C)[C@@H]([C@H](C)CCCC(C)(C)O)CC[C@@H]23)C[C@@H](C(C[N+](C)(C)C)OP(=O)(O)O)C[C@@H]1O. The molecule has 0 heterocycles. The van der Waals surface area contributed by atoms with Crippen LogP contribution in [-0.4, -0.2) is 70.0 Å². The Morgan fingerprint density at radius 2 is 1.90 bits per heavy atom. The molecule has 0 bridgehead atoms. The molecule has 4 N–H and O–H groups in total. The Morgan fingerprint density at radius 3 is 2.50 bits per heavy atom. The molecule has 3 aliphatic carbocycles. The van der Waals surface area contributed by atoms with Gasteiger partial charge in [-0.25, -0.2) is 4.57 Å². The van der Waals surface area contributed by atoms with Gasteiger partial charge in [-0.05, 0) is 105 Å². The molecular weight excluding hydrogens is 525 g/mol. The molecule has 0 aliphatic heterocycles. The van der Waals surface area contributed by atoms with Gasteiger partial charge < -0.3 is 24.5 Å². The molecule has 0 spiro atoms. The normalized spacial score (nSPS) is 33.8. The lowest BCUT2D eigenvalue weighted by molar-refractivity contribution is -0.873. The molecule has 3 saturated carbocycles. The standard InChI is InChI=1S/C32H56NO6P/c1-22(11-9-17-31(3,4)35)27-15-16-28-24(12-10-18-32(27,28)5)13-14-25-19-26(20-29(34)23(25)2)30(21-33(6,7)8)39-40(36,37)38/h13-14,22,26-30,34-35H,2,9-12,15-21H2,1,3-8H3,(H-,36,37,38)/p+1/b24-13+,25-14-/t22-,26-,27-,28+,29+,30?,32-/m1/s1. The summed E-state index contributed by atoms with van der Waals surface area (Å²) in [6.45, 7) is 13.3. The first-order chi connectivity index (χ1) is 18.3. The second kappa shape index (κ2) is 12.8. The van der Waals surface area contributed by atoms with Crippen molar-refractivity contribution in [2.45, 2.75) is 110 Å². The highest BCUT2D eigenvalue weighted by Crippen LogP contribution is 2.60. The lowest BCUT2D eigenvalue weighted by Gasteiger charge is -2.44. The van der Waals surface area contributed by atoms with Crippen LogP contribution in [0.25, 0.3) is 0 Å². The molecule has 7 atom stereocenters. The Hall–Kier alpha value is -0.790. The van der Waals surface area contributed by atoms with Gasteiger partial charge in [0.05, 0.1) is 32.8 Å². The van der Waals surface area contributed by atoms with Crippen LogP contribution in [0.1, 0.15) is 91.9 Å². The van der Waals surface area contributed by atoms with E-state index in [0.29, 0.717) is 47.2 Å². The average Bonchev–Trinajstić information content (AvgIpc) is 3.14. The Kier molecular flexibility index (Phi) is 10.8. The minimum Gasteiger partial charge on any atom is -0.390 e. The molecule has 8 heteroatoms. The van der Waals surface area contributed by atoms with Crippen molar-refractivity contribution in [3.8, 4) is 0 Å². The fourth-order valence-electron chi connectivity index (χ4n) is 8.06. The second-order valence-corrected chi connectivity index (χ2v) is 16.3. The number of allylic oxidation sites excluding steroid dienone is 3. The number of nitrogens with zero attached hydrogens (tertiary/aromatic N) is 1. The van der Waals surface area contributed by atoms with E-state index in [0.717, 1.165) is 31.3 Å². The number of phosphoric ester groups is 1. The maximum atomic E-state index is 11.8. The van der Waals surface area contributed by atoms with Crippen molar-refractivity contribution in [3.05, 3.63) is 35.5 Å². The number of aliphatic hydroxyl groups excluding tert-OH is 1. The summed E-state index contributed by atoms with van der Waals surface area (Å²) in [6, 6.07) is 0. The van der Waals surface area contributed by atoms with Crippen molar-refractivity contribution in [1.29, 1.82) is 0 Å². The highest BCUT2D eigenvalue weighted by atomic mass is 31.2. The van der Waals surface area contributed by atoms with Gasteiger partial charge in [0.25, 0.3) is 0 Å². The van der Waals surface area contributed by atoms with Crippen LogP contribution in [0, 0.1) is 29.1 Å². The van der Waals surface area contributed by atoms with E-state index >= 15 is 0 Å². The molecule has 3 rings (SSSR count). The second-order valence-electron chi connectivity index (χ2n) is 15.1. The van der Waals surface area contributed by atoms with Crippen molar-refractivity contribution >= 4 is 7.82 Å². The third kappa shape index (κ3) is 9.10. The van der Waals surface area contributed by atoms with Gasteiger partial charge in [0.2, 0.25) is 0 Å². The highest BCUT2D eigenvalue weighted by Gasteiger charge is 2.50. The summed E-state index contributed by atoms with van der Waals surface area (Å²) in [7, 11) is 1.24. The van der Waals surface area contributed by atoms with Crippen molar-refractivity contribution in [2.75, 3.05) is 27.7 Å². The Balaban J connectivity index is 1.78. The Bertz CT molecular complexity index is 1000. The van der Waals surface area contributed by atoms with Crippen molar-refractivity contribution in [1.82, 2.24) is 0 Å². The smallest absolute Gasteiger partial charge is 0.390 e. The van der Waals surface area contributed by atoms with Crippen LogP contribution in [0.4, 0.5) is 0 Å². The summed E-state index contributed by atoms with van der Waals surface area (Å²) in [4.78, 5) is 19.2. The number of fused-ring (bicyclic) bond motifs is 1. The number of hydrogen-bond acceptors (Lipinski definition) is 4. The minimum atomic E-state index is -4.67. The number of phosphoric acid groups is 1. The van der Waals surface area contributed by atoms with E-state index in [1.807, 2.05) is 35.0 Å². The quantitative estimate of drug-likeness (QED) is 0.172. The summed E-state index contributed by atoms with van der Waals surface area (Å²) in [6.07, 6.45) is 13.0. The number of quaternary nitrogens is 1. The van der Waals surface area contributed by atoms with Crippen molar-refractivity contribution in [3.63, 3.8) is 0 Å². The van der Waals surface area contributed by atoms with Gasteiger partial charge >= 0.3 is 7.82 Å². The number of aliphatic hydroxyl groups is 2. The Morgan fingerprint density at radius 1 is 1.23 bits per heavy atom. The molecule has 0 amide bonds. The third-order valence-corrected chi connectivity index (χ3v) is 10.6. The summed E-state index contributed by atoms with van der Waals surface area (Å²) in [5, 5.41) is 21.0. The lowest BCUT2D eigenvalue weighted by Crippen LogP contribution is -2.46. The Labute approximate surface area is 243 Å². The lowest BCUT2D eigenvalue weighted by atomic mass is 9.60. The first kappa shape index (κ1) is 33.7. The number of rotatable bonds is 11. The van der Waals surface area contributed by atoms with Crippen LogP contribution < -0.4 is 0 Å². The molecule has 230 valence electrons. The first-order valence-electron chi connectivity index (χ1n) is 15.3. The molecule has 40 heavy (non-hydrogen) atoms. The monoisotopic (exact) mass is 582 g/mol. The molecule has 7 nitrogen and oxygen atoms in total. The molecule has 3 fully saturated rings. The van der Waals surface area contributed by atoms with E-state index in [1.54, 1.807) is 0 Å². The largest absolute Gasteiger partial charge is 0.470 e. The van der Waals surface area contributed by atoms with E-state index in [-0.39, 0.29) is 11.3 Å². The third-order valence-electron chi connectivity index (χ3n) is 10.0. The number of likely N-dealkylation sites (N-methyl/N-ethyl adjacent to an activating group) is 1. The molecule has 0 aromatic carbocycles. The van der Waals surface area contributed by atoms with E-state index in [4.69, 9.17) is 4.52 Å². The van der Waals surface area contributed by atoms with E-state index in [1.165, 1.54) is 31.3 Å². The van der Waals surface area contributed by atoms with E-state index in [9.17, 15) is 24.6 Å². The zero-order valence-corrected chi connectivity index (χ0v) is 27.0. The maximum Gasteiger partial charge on any atom is 0.470 e. The summed E-state index contributed by atoms with van der Waals surface area (Å²) in [5.74, 6) is 1.66. The molecule has 0 radical (unpaired) electrons. The molecule has 3 aliphatic rings. The summed E-state index contributed by atoms with van der Waals surface area (Å²) < 4.78 is 17.6. The minimum absolute atomic E-state index is 0.215. The molecule has 0 saturated heterocycles. The zero-order valence-electron chi connectivity index (χ0n) is 26.1. The first-order valence-corrected chi connectivity index (χ1v) is 16.9.